The minimum atomic E-state index is -0.350. The number of aromatic hydroxyl groups is 1. The molecule has 1 aliphatic heterocycles. The highest BCUT2D eigenvalue weighted by Crippen LogP contribution is 2.43. The number of hydrogen-bond acceptors (Lipinski definition) is 8. The van der Waals surface area contributed by atoms with Gasteiger partial charge in [-0.15, -0.1) is 5.10 Å². The molecule has 0 amide bonds. The summed E-state index contributed by atoms with van der Waals surface area (Å²) in [7, 11) is 0. The Balaban J connectivity index is 1.56. The van der Waals surface area contributed by atoms with Crippen LogP contribution in [0.4, 0.5) is 0 Å². The second-order valence-electron chi connectivity index (χ2n) is 7.91. The Hall–Kier alpha value is -2.88. The second kappa shape index (κ2) is 9.17. The van der Waals surface area contributed by atoms with Crippen molar-refractivity contribution in [3.05, 3.63) is 58.1 Å². The van der Waals surface area contributed by atoms with Crippen molar-refractivity contribution in [3.8, 4) is 17.5 Å². The van der Waals surface area contributed by atoms with E-state index in [1.165, 1.54) is 15.9 Å². The summed E-state index contributed by atoms with van der Waals surface area (Å²) in [6.07, 6.45) is 3.17. The van der Waals surface area contributed by atoms with Gasteiger partial charge in [-0.3, -0.25) is 9.69 Å². The molecule has 4 aromatic rings. The maximum atomic E-state index is 12.5. The Bertz CT molecular complexity index is 1270. The second-order valence-corrected chi connectivity index (χ2v) is 9.32. The Labute approximate surface area is 199 Å². The van der Waals surface area contributed by atoms with Crippen molar-refractivity contribution in [2.24, 2.45) is 5.92 Å². The van der Waals surface area contributed by atoms with Gasteiger partial charge in [0, 0.05) is 11.6 Å². The summed E-state index contributed by atoms with van der Waals surface area (Å²) >= 11 is 7.96. The van der Waals surface area contributed by atoms with Gasteiger partial charge < -0.3 is 14.3 Å². The maximum absolute atomic E-state index is 12.5. The van der Waals surface area contributed by atoms with Gasteiger partial charge in [-0.25, -0.2) is 0 Å². The molecule has 1 aliphatic rings. The fourth-order valence-electron chi connectivity index (χ4n) is 4.33. The number of halogens is 1. The number of esters is 1. The van der Waals surface area contributed by atoms with E-state index in [9.17, 15) is 9.90 Å². The molecule has 0 saturated carbocycles. The van der Waals surface area contributed by atoms with E-state index in [2.05, 4.69) is 15.0 Å². The van der Waals surface area contributed by atoms with Crippen molar-refractivity contribution in [1.29, 1.82) is 0 Å². The highest BCUT2D eigenvalue weighted by Gasteiger charge is 2.36. The lowest BCUT2D eigenvalue weighted by atomic mass is 9.94. The van der Waals surface area contributed by atoms with Crippen molar-refractivity contribution in [3.63, 3.8) is 0 Å². The monoisotopic (exact) mass is 486 g/mol. The molecule has 0 spiro atoms. The van der Waals surface area contributed by atoms with Gasteiger partial charge in [0.25, 0.3) is 0 Å². The van der Waals surface area contributed by atoms with Crippen LogP contribution >= 0.6 is 22.9 Å². The van der Waals surface area contributed by atoms with Crippen LogP contribution in [0.3, 0.4) is 0 Å². The highest BCUT2D eigenvalue weighted by molar-refractivity contribution is 7.17. The zero-order chi connectivity index (χ0) is 22.9. The Kier molecular flexibility index (Phi) is 6.09. The molecule has 8 nitrogen and oxygen atoms in total. The zero-order valence-corrected chi connectivity index (χ0v) is 19.6. The quantitative estimate of drug-likeness (QED) is 0.392. The van der Waals surface area contributed by atoms with Crippen LogP contribution in [0.15, 0.2) is 47.1 Å². The van der Waals surface area contributed by atoms with E-state index in [0.717, 1.165) is 24.9 Å². The first kappa shape index (κ1) is 21.9. The van der Waals surface area contributed by atoms with Crippen molar-refractivity contribution in [1.82, 2.24) is 19.5 Å². The molecule has 172 valence electrons. The fraction of sp³-hybridized carbons (Fsp3) is 0.348. The molecule has 4 heterocycles. The Morgan fingerprint density at radius 2 is 2.21 bits per heavy atom. The van der Waals surface area contributed by atoms with Crippen LogP contribution in [0.2, 0.25) is 5.02 Å². The third-order valence-electron chi connectivity index (χ3n) is 5.83. The number of benzene rings is 1. The average Bonchev–Trinajstić information content (AvgIpc) is 3.55. The molecule has 0 radical (unpaired) electrons. The van der Waals surface area contributed by atoms with E-state index < -0.39 is 0 Å². The number of carbonyl (C=O) groups excluding carboxylic acids is 1. The molecule has 1 fully saturated rings. The molecule has 0 aliphatic carbocycles. The van der Waals surface area contributed by atoms with Crippen LogP contribution in [0, 0.1) is 5.92 Å². The highest BCUT2D eigenvalue weighted by atomic mass is 35.5. The van der Waals surface area contributed by atoms with Gasteiger partial charge in [0.15, 0.2) is 5.76 Å². The lowest BCUT2D eigenvalue weighted by Gasteiger charge is -2.37. The van der Waals surface area contributed by atoms with Crippen molar-refractivity contribution in [2.45, 2.75) is 25.8 Å². The molecular formula is C23H23ClN4O4S. The van der Waals surface area contributed by atoms with E-state index in [4.69, 9.17) is 20.8 Å². The molecule has 1 N–H and O–H groups in total. The van der Waals surface area contributed by atoms with Gasteiger partial charge in [0.2, 0.25) is 16.7 Å². The van der Waals surface area contributed by atoms with E-state index in [0.29, 0.717) is 39.6 Å². The van der Waals surface area contributed by atoms with E-state index in [1.54, 1.807) is 18.4 Å². The first-order valence-electron chi connectivity index (χ1n) is 10.8. The lowest BCUT2D eigenvalue weighted by molar-refractivity contribution is -0.150. The van der Waals surface area contributed by atoms with Crippen LogP contribution in [0.5, 0.6) is 5.88 Å². The zero-order valence-electron chi connectivity index (χ0n) is 18.0. The van der Waals surface area contributed by atoms with Gasteiger partial charge in [-0.2, -0.15) is 9.50 Å². The standard InChI is InChI=1S/C23H23ClN4O4S/c1-2-31-22(30)14-7-5-11-27(13-14)18(15-8-3-4-9-16(15)24)19-21(29)28-23(33-19)25-20(26-28)17-10-6-12-32-17/h3-4,6,8-10,12,14,18,29H,2,5,7,11,13H2,1H3/t14-,18-/m1/s1. The molecule has 0 unspecified atom stereocenters. The number of thiazole rings is 1. The fourth-order valence-corrected chi connectivity index (χ4v) is 5.68. The van der Waals surface area contributed by atoms with Crippen LogP contribution < -0.4 is 0 Å². The maximum Gasteiger partial charge on any atom is 0.310 e. The van der Waals surface area contributed by atoms with Crippen LogP contribution in [-0.4, -0.2) is 50.3 Å². The predicted octanol–water partition coefficient (Wildman–Crippen LogP) is 4.77. The summed E-state index contributed by atoms with van der Waals surface area (Å²) in [4.78, 5) is 20.4. The topological polar surface area (TPSA) is 93.1 Å². The molecule has 2 atom stereocenters. The van der Waals surface area contributed by atoms with Gasteiger partial charge >= 0.3 is 5.97 Å². The molecule has 10 heteroatoms. The minimum absolute atomic E-state index is 0.00323. The summed E-state index contributed by atoms with van der Waals surface area (Å²) in [6.45, 7) is 3.44. The number of furan rings is 1. The van der Waals surface area contributed by atoms with E-state index in [1.807, 2.05) is 31.2 Å². The van der Waals surface area contributed by atoms with Crippen molar-refractivity contribution >= 4 is 33.9 Å². The molecule has 1 saturated heterocycles. The first-order chi connectivity index (χ1) is 16.1. The summed E-state index contributed by atoms with van der Waals surface area (Å²) in [6, 6.07) is 10.8. The molecule has 33 heavy (non-hydrogen) atoms. The predicted molar refractivity (Wildman–Crippen MR) is 124 cm³/mol. The van der Waals surface area contributed by atoms with Gasteiger partial charge in [-0.1, -0.05) is 41.1 Å². The number of rotatable bonds is 6. The van der Waals surface area contributed by atoms with E-state index >= 15 is 0 Å². The van der Waals surface area contributed by atoms with Crippen LogP contribution in [-0.2, 0) is 9.53 Å². The smallest absolute Gasteiger partial charge is 0.310 e. The number of likely N-dealkylation sites (tertiary alicyclic amines) is 1. The number of piperidine rings is 1. The number of carbonyl (C=O) groups is 1. The molecule has 3 aromatic heterocycles. The molecule has 5 rings (SSSR count). The van der Waals surface area contributed by atoms with Gasteiger partial charge in [0.1, 0.15) is 0 Å². The average molecular weight is 487 g/mol. The molecular weight excluding hydrogens is 464 g/mol. The minimum Gasteiger partial charge on any atom is -0.492 e. The largest absolute Gasteiger partial charge is 0.492 e. The summed E-state index contributed by atoms with van der Waals surface area (Å²) in [5.74, 6) is 0.530. The number of ether oxygens (including phenoxy) is 1. The van der Waals surface area contributed by atoms with Crippen LogP contribution in [0.1, 0.15) is 36.2 Å². The molecule has 0 bridgehead atoms. The SMILES string of the molecule is CCOC(=O)[C@@H]1CCCN([C@H](c2ccccc2Cl)c2sc3nc(-c4ccco4)nn3c2O)C1. The Morgan fingerprint density at radius 1 is 1.36 bits per heavy atom. The first-order valence-corrected chi connectivity index (χ1v) is 12.0. The third-order valence-corrected chi connectivity index (χ3v) is 7.24. The number of nitrogens with zero attached hydrogens (tertiary/aromatic N) is 4. The summed E-state index contributed by atoms with van der Waals surface area (Å²) in [5, 5.41) is 16.2. The Morgan fingerprint density at radius 3 is 2.94 bits per heavy atom. The summed E-state index contributed by atoms with van der Waals surface area (Å²) in [5.41, 5.74) is 0.856. The molecule has 1 aromatic carbocycles. The van der Waals surface area contributed by atoms with Crippen molar-refractivity contribution in [2.75, 3.05) is 19.7 Å². The summed E-state index contributed by atoms with van der Waals surface area (Å²) < 4.78 is 12.1. The third kappa shape index (κ3) is 4.12. The lowest BCUT2D eigenvalue weighted by Crippen LogP contribution is -2.41. The number of fused-ring (bicyclic) bond motifs is 1. The van der Waals surface area contributed by atoms with E-state index in [-0.39, 0.29) is 23.8 Å². The van der Waals surface area contributed by atoms with Gasteiger partial charge in [-0.05, 0) is 50.1 Å². The van der Waals surface area contributed by atoms with Gasteiger partial charge in [0.05, 0.1) is 29.7 Å². The normalized spacial score (nSPS) is 17.9. The number of hydrogen-bond donors (Lipinski definition) is 1. The van der Waals surface area contributed by atoms with Crippen LogP contribution in [0.25, 0.3) is 16.5 Å². The van der Waals surface area contributed by atoms with Crippen molar-refractivity contribution < 1.29 is 19.1 Å². The number of aromatic nitrogens is 3.